The van der Waals surface area contributed by atoms with Crippen LogP contribution in [0.3, 0.4) is 0 Å². The fourth-order valence-corrected chi connectivity index (χ4v) is 1.62. The summed E-state index contributed by atoms with van der Waals surface area (Å²) in [5.74, 6) is 0. The quantitative estimate of drug-likeness (QED) is 0.724. The lowest BCUT2D eigenvalue weighted by molar-refractivity contribution is -0.137. The average Bonchev–Trinajstić information content (AvgIpc) is 2.26. The summed E-state index contributed by atoms with van der Waals surface area (Å²) >= 11 is 0. The van der Waals surface area contributed by atoms with Gasteiger partial charge in [0.25, 0.3) is 0 Å². The van der Waals surface area contributed by atoms with Gasteiger partial charge < -0.3 is 0 Å². The van der Waals surface area contributed by atoms with E-state index in [2.05, 4.69) is 0 Å². The van der Waals surface area contributed by atoms with Crippen molar-refractivity contribution in [3.05, 3.63) is 47.5 Å². The Kier molecular flexibility index (Phi) is 2.42. The maximum absolute atomic E-state index is 12.6. The highest BCUT2D eigenvalue weighted by Gasteiger charge is 2.34. The summed E-state index contributed by atoms with van der Waals surface area (Å²) in [7, 11) is 0. The Morgan fingerprint density at radius 3 is 2.31 bits per heavy atom. The van der Waals surface area contributed by atoms with E-state index in [4.69, 9.17) is 0 Å². The second kappa shape index (κ2) is 3.63. The first-order valence-electron chi connectivity index (χ1n) is 4.51. The van der Waals surface area contributed by atoms with E-state index in [-0.39, 0.29) is 5.39 Å². The number of carbonyl (C=O) groups excluding carboxylic acids is 1. The highest BCUT2D eigenvalue weighted by atomic mass is 19.4. The minimum atomic E-state index is -4.53. The van der Waals surface area contributed by atoms with Crippen LogP contribution in [-0.2, 0) is 11.0 Å². The van der Waals surface area contributed by atoms with E-state index in [9.17, 15) is 18.0 Å². The Bertz CT molecular complexity index is 543. The number of fused-ring (bicyclic) bond motifs is 1. The summed E-state index contributed by atoms with van der Waals surface area (Å²) in [6.45, 7) is 0. The van der Waals surface area contributed by atoms with Gasteiger partial charge >= 0.3 is 6.18 Å². The van der Waals surface area contributed by atoms with Gasteiger partial charge in [0.2, 0.25) is 6.29 Å². The molecule has 4 heteroatoms. The van der Waals surface area contributed by atoms with Crippen LogP contribution in [0.4, 0.5) is 13.2 Å². The molecule has 0 saturated carbocycles. The topological polar surface area (TPSA) is 17.1 Å². The van der Waals surface area contributed by atoms with Crippen LogP contribution >= 0.6 is 0 Å². The van der Waals surface area contributed by atoms with Crippen LogP contribution in [-0.4, -0.2) is 6.29 Å². The van der Waals surface area contributed by atoms with Crippen molar-refractivity contribution in [1.82, 2.24) is 0 Å². The van der Waals surface area contributed by atoms with Crippen LogP contribution in [0, 0.1) is 0 Å². The molecular formula is C12H6F3O. The summed E-state index contributed by atoms with van der Waals surface area (Å²) in [5.41, 5.74) is -1.37. The van der Waals surface area contributed by atoms with Gasteiger partial charge in [-0.1, -0.05) is 30.3 Å². The number of benzene rings is 2. The van der Waals surface area contributed by atoms with Crippen molar-refractivity contribution in [2.24, 2.45) is 0 Å². The highest BCUT2D eigenvalue weighted by Crippen LogP contribution is 2.34. The van der Waals surface area contributed by atoms with Gasteiger partial charge in [0.15, 0.2) is 0 Å². The van der Waals surface area contributed by atoms with Crippen molar-refractivity contribution in [3.63, 3.8) is 0 Å². The second-order valence-electron chi connectivity index (χ2n) is 3.31. The van der Waals surface area contributed by atoms with Gasteiger partial charge in [-0.2, -0.15) is 13.2 Å². The van der Waals surface area contributed by atoms with Crippen LogP contribution in [0.2, 0.25) is 0 Å². The predicted octanol–water partition coefficient (Wildman–Crippen LogP) is 3.32. The van der Waals surface area contributed by atoms with Gasteiger partial charge in [0.1, 0.15) is 0 Å². The van der Waals surface area contributed by atoms with Crippen LogP contribution in [0.5, 0.6) is 0 Å². The van der Waals surface area contributed by atoms with Crippen molar-refractivity contribution >= 4 is 17.1 Å². The molecule has 2 aromatic carbocycles. The molecule has 0 aliphatic rings. The van der Waals surface area contributed by atoms with Crippen molar-refractivity contribution in [2.45, 2.75) is 6.18 Å². The zero-order chi connectivity index (χ0) is 11.8. The summed E-state index contributed by atoms with van der Waals surface area (Å²) < 4.78 is 37.8. The molecule has 0 spiro atoms. The van der Waals surface area contributed by atoms with Gasteiger partial charge in [0.05, 0.1) is 5.56 Å². The summed E-state index contributed by atoms with van der Waals surface area (Å²) in [6.07, 6.45) is -3.16. The Balaban J connectivity index is 2.83. The van der Waals surface area contributed by atoms with E-state index in [1.165, 1.54) is 18.4 Å². The minimum absolute atomic E-state index is 0.271. The van der Waals surface area contributed by atoms with Crippen LogP contribution in [0.1, 0.15) is 11.1 Å². The van der Waals surface area contributed by atoms with E-state index < -0.39 is 17.3 Å². The smallest absolute Gasteiger partial charge is 0.285 e. The normalized spacial score (nSPS) is 11.7. The van der Waals surface area contributed by atoms with Gasteiger partial charge in [-0.05, 0) is 16.8 Å². The standard InChI is InChI=1S/C12H6F3O/c13-12(14,15)11-6-5-8-3-1-2-4-9(8)10(11)7-16/h1-6H. The average molecular weight is 223 g/mol. The first-order valence-corrected chi connectivity index (χ1v) is 4.51. The number of hydrogen-bond acceptors (Lipinski definition) is 1. The molecule has 0 N–H and O–H groups in total. The van der Waals surface area contributed by atoms with Gasteiger partial charge in [-0.25, -0.2) is 0 Å². The Morgan fingerprint density at radius 1 is 1.00 bits per heavy atom. The van der Waals surface area contributed by atoms with Gasteiger partial charge in [-0.3, -0.25) is 4.79 Å². The fourth-order valence-electron chi connectivity index (χ4n) is 1.62. The third-order valence-corrected chi connectivity index (χ3v) is 2.34. The zero-order valence-corrected chi connectivity index (χ0v) is 8.01. The summed E-state index contributed by atoms with van der Waals surface area (Å²) in [4.78, 5) is 10.7. The molecule has 0 amide bonds. The third kappa shape index (κ3) is 1.66. The second-order valence-corrected chi connectivity index (χ2v) is 3.31. The van der Waals surface area contributed by atoms with Crippen molar-refractivity contribution in [2.75, 3.05) is 0 Å². The third-order valence-electron chi connectivity index (χ3n) is 2.34. The molecule has 1 nitrogen and oxygen atoms in total. The van der Waals surface area contributed by atoms with Crippen LogP contribution < -0.4 is 0 Å². The van der Waals surface area contributed by atoms with Crippen molar-refractivity contribution < 1.29 is 18.0 Å². The molecule has 1 radical (unpaired) electrons. The number of rotatable bonds is 1. The van der Waals surface area contributed by atoms with E-state index in [1.807, 2.05) is 0 Å². The largest absolute Gasteiger partial charge is 0.417 e. The Hall–Kier alpha value is -1.84. The van der Waals surface area contributed by atoms with Gasteiger partial charge in [0, 0.05) is 5.56 Å². The molecule has 0 fully saturated rings. The first-order chi connectivity index (χ1) is 7.54. The lowest BCUT2D eigenvalue weighted by Crippen LogP contribution is -2.09. The zero-order valence-electron chi connectivity index (χ0n) is 8.01. The molecule has 2 rings (SSSR count). The Morgan fingerprint density at radius 2 is 1.69 bits per heavy atom. The fraction of sp³-hybridized carbons (Fsp3) is 0.0833. The molecule has 81 valence electrons. The molecule has 16 heavy (non-hydrogen) atoms. The maximum Gasteiger partial charge on any atom is 0.417 e. The number of halogens is 3. The molecule has 0 heterocycles. The molecule has 0 atom stereocenters. The van der Waals surface area contributed by atoms with Gasteiger partial charge in [-0.15, -0.1) is 0 Å². The number of hydrogen-bond donors (Lipinski definition) is 0. The summed E-state index contributed by atoms with van der Waals surface area (Å²) in [5, 5.41) is 0.862. The van der Waals surface area contributed by atoms with E-state index >= 15 is 0 Å². The lowest BCUT2D eigenvalue weighted by Gasteiger charge is -2.10. The minimum Gasteiger partial charge on any atom is -0.285 e. The molecule has 0 aliphatic carbocycles. The molecule has 0 unspecified atom stereocenters. The van der Waals surface area contributed by atoms with Crippen LogP contribution in [0.15, 0.2) is 36.4 Å². The first kappa shape index (κ1) is 10.7. The monoisotopic (exact) mass is 223 g/mol. The van der Waals surface area contributed by atoms with E-state index in [0.717, 1.165) is 6.07 Å². The van der Waals surface area contributed by atoms with E-state index in [1.54, 1.807) is 18.2 Å². The lowest BCUT2D eigenvalue weighted by atomic mass is 9.99. The molecule has 0 saturated heterocycles. The Labute approximate surface area is 89.5 Å². The van der Waals surface area contributed by atoms with E-state index in [0.29, 0.717) is 5.39 Å². The number of alkyl halides is 3. The van der Waals surface area contributed by atoms with Crippen LogP contribution in [0.25, 0.3) is 10.8 Å². The maximum atomic E-state index is 12.6. The SMILES string of the molecule is O=[C]c1c(C(F)(F)F)ccc2ccccc12. The summed E-state index contributed by atoms with van der Waals surface area (Å²) in [6, 6.07) is 8.66. The predicted molar refractivity (Wildman–Crippen MR) is 53.7 cm³/mol. The van der Waals surface area contributed by atoms with Crippen molar-refractivity contribution in [3.8, 4) is 0 Å². The van der Waals surface area contributed by atoms with Crippen molar-refractivity contribution in [1.29, 1.82) is 0 Å². The molecule has 0 bridgehead atoms. The molecule has 2 aromatic rings. The molecule has 0 aromatic heterocycles. The molecule has 0 aliphatic heterocycles. The highest BCUT2D eigenvalue weighted by molar-refractivity contribution is 5.99. The molecular weight excluding hydrogens is 217 g/mol.